The van der Waals surface area contributed by atoms with E-state index in [1.54, 1.807) is 6.26 Å². The van der Waals surface area contributed by atoms with Gasteiger partial charge in [-0.1, -0.05) is 0 Å². The zero-order valence-electron chi connectivity index (χ0n) is 6.49. The van der Waals surface area contributed by atoms with Gasteiger partial charge in [-0.15, -0.1) is 0 Å². The number of hydrogen-bond acceptors (Lipinski definition) is 3. The third-order valence-electron chi connectivity index (χ3n) is 2.13. The van der Waals surface area contributed by atoms with Crippen LogP contribution in [0, 0.1) is 0 Å². The van der Waals surface area contributed by atoms with Gasteiger partial charge in [-0.05, 0) is 0 Å². The molecule has 62 valence electrons. The molecule has 0 saturated heterocycles. The van der Waals surface area contributed by atoms with Crippen LogP contribution >= 0.6 is 0 Å². The van der Waals surface area contributed by atoms with Gasteiger partial charge in [0.25, 0.3) is 0 Å². The zero-order valence-corrected chi connectivity index (χ0v) is 6.49. The molecule has 2 aromatic heterocycles. The van der Waals surface area contributed by atoms with Gasteiger partial charge in [-0.25, -0.2) is 0 Å². The van der Waals surface area contributed by atoms with Gasteiger partial charge in [-0.2, -0.15) is 5.10 Å². The first kappa shape index (κ1) is 6.25. The number of nitrogens with zero attached hydrogens (tertiary/aromatic N) is 2. The second-order valence-electron chi connectivity index (χ2n) is 2.86. The van der Waals surface area contributed by atoms with E-state index in [2.05, 4.69) is 5.10 Å². The molecular weight excluding hydrogens is 156 g/mol. The van der Waals surface area contributed by atoms with Crippen molar-refractivity contribution in [2.24, 2.45) is 0 Å². The lowest BCUT2D eigenvalue weighted by molar-refractivity contribution is 0.0803. The highest BCUT2D eigenvalue weighted by molar-refractivity contribution is 5.75. The Labute approximate surface area is 68.7 Å². The second-order valence-corrected chi connectivity index (χ2v) is 2.86. The highest BCUT2D eigenvalue weighted by atomic mass is 16.5. The lowest BCUT2D eigenvalue weighted by Gasteiger charge is -2.12. The van der Waals surface area contributed by atoms with Crippen molar-refractivity contribution in [3.8, 4) is 0 Å². The van der Waals surface area contributed by atoms with E-state index in [1.165, 1.54) is 0 Å². The molecule has 0 radical (unpaired) electrons. The maximum absolute atomic E-state index is 5.31. The first-order valence-corrected chi connectivity index (χ1v) is 3.96. The summed E-state index contributed by atoms with van der Waals surface area (Å²) < 4.78 is 12.6. The number of hydrogen-bond donors (Lipinski definition) is 0. The number of fused-ring (bicyclic) bond motifs is 3. The summed E-state index contributed by atoms with van der Waals surface area (Å²) >= 11 is 0. The molecule has 4 heteroatoms. The van der Waals surface area contributed by atoms with Gasteiger partial charge >= 0.3 is 0 Å². The van der Waals surface area contributed by atoms with Crippen LogP contribution in [-0.2, 0) is 17.9 Å². The molecule has 0 N–H and O–H groups in total. The van der Waals surface area contributed by atoms with Crippen molar-refractivity contribution in [1.29, 1.82) is 0 Å². The van der Waals surface area contributed by atoms with E-state index in [-0.39, 0.29) is 0 Å². The van der Waals surface area contributed by atoms with Crippen molar-refractivity contribution in [2.45, 2.75) is 13.2 Å². The van der Waals surface area contributed by atoms with Crippen molar-refractivity contribution in [1.82, 2.24) is 9.78 Å². The van der Waals surface area contributed by atoms with E-state index >= 15 is 0 Å². The van der Waals surface area contributed by atoms with Crippen molar-refractivity contribution in [2.75, 3.05) is 6.61 Å². The van der Waals surface area contributed by atoms with Crippen LogP contribution in [0.4, 0.5) is 0 Å². The Morgan fingerprint density at radius 2 is 2.50 bits per heavy atom. The second kappa shape index (κ2) is 2.10. The third kappa shape index (κ3) is 0.674. The summed E-state index contributed by atoms with van der Waals surface area (Å²) in [5, 5.41) is 4.36. The summed E-state index contributed by atoms with van der Waals surface area (Å²) in [5.74, 6) is 0. The molecular formula is C8H8N2O2. The molecule has 0 spiro atoms. The molecule has 0 aromatic carbocycles. The molecule has 0 saturated carbocycles. The minimum absolute atomic E-state index is 0.615. The lowest BCUT2D eigenvalue weighted by atomic mass is 10.3. The van der Waals surface area contributed by atoms with Crippen LogP contribution in [0.15, 0.2) is 16.7 Å². The van der Waals surface area contributed by atoms with Crippen LogP contribution in [0.5, 0.6) is 0 Å². The topological polar surface area (TPSA) is 40.2 Å². The summed E-state index contributed by atoms with van der Waals surface area (Å²) in [4.78, 5) is 0. The minimum atomic E-state index is 0.615. The summed E-state index contributed by atoms with van der Waals surface area (Å²) in [6, 6.07) is 1.88. The Balaban J connectivity index is 2.34. The number of aromatic nitrogens is 2. The van der Waals surface area contributed by atoms with Crippen LogP contribution in [0.2, 0.25) is 0 Å². The predicted octanol–water partition coefficient (Wildman–Crippen LogP) is 1.16. The van der Waals surface area contributed by atoms with Crippen LogP contribution in [0.1, 0.15) is 5.69 Å². The average Bonchev–Trinajstić information content (AvgIpc) is 2.62. The van der Waals surface area contributed by atoms with E-state index in [0.29, 0.717) is 6.61 Å². The molecule has 4 nitrogen and oxygen atoms in total. The highest BCUT2D eigenvalue weighted by Gasteiger charge is 2.16. The molecule has 1 aliphatic heterocycles. The van der Waals surface area contributed by atoms with Crippen molar-refractivity contribution >= 4 is 11.1 Å². The summed E-state index contributed by atoms with van der Waals surface area (Å²) in [6.45, 7) is 2.20. The molecule has 3 rings (SSSR count). The van der Waals surface area contributed by atoms with Gasteiger partial charge in [0.2, 0.25) is 0 Å². The lowest BCUT2D eigenvalue weighted by Crippen LogP contribution is -2.17. The Morgan fingerprint density at radius 3 is 3.50 bits per heavy atom. The molecule has 0 unspecified atom stereocenters. The Hall–Kier alpha value is -1.29. The first-order valence-electron chi connectivity index (χ1n) is 3.96. The predicted molar refractivity (Wildman–Crippen MR) is 41.7 cm³/mol. The quantitative estimate of drug-likeness (QED) is 0.586. The van der Waals surface area contributed by atoms with Gasteiger partial charge in [0.05, 0.1) is 26.0 Å². The number of rotatable bonds is 0. The smallest absolute Gasteiger partial charge is 0.177 e. The van der Waals surface area contributed by atoms with Crippen LogP contribution in [-0.4, -0.2) is 16.4 Å². The Morgan fingerprint density at radius 1 is 1.50 bits per heavy atom. The monoisotopic (exact) mass is 164 g/mol. The molecule has 0 amide bonds. The van der Waals surface area contributed by atoms with Crippen molar-refractivity contribution < 1.29 is 9.15 Å². The fraction of sp³-hybridized carbons (Fsp3) is 0.375. The molecule has 0 bridgehead atoms. The van der Waals surface area contributed by atoms with Crippen molar-refractivity contribution in [3.63, 3.8) is 0 Å². The summed E-state index contributed by atoms with van der Waals surface area (Å²) in [5.41, 5.74) is 2.85. The first-order chi connectivity index (χ1) is 5.95. The van der Waals surface area contributed by atoms with E-state index in [1.807, 2.05) is 10.7 Å². The fourth-order valence-electron chi connectivity index (χ4n) is 1.55. The van der Waals surface area contributed by atoms with E-state index in [0.717, 1.165) is 29.9 Å². The van der Waals surface area contributed by atoms with E-state index in [9.17, 15) is 0 Å². The number of furan rings is 1. The SMILES string of the molecule is c1cc2nn3c(c2o1)COCC3. The van der Waals surface area contributed by atoms with Crippen LogP contribution in [0.25, 0.3) is 11.1 Å². The van der Waals surface area contributed by atoms with Crippen molar-refractivity contribution in [3.05, 3.63) is 18.0 Å². The zero-order chi connectivity index (χ0) is 7.97. The standard InChI is InChI=1S/C8H8N2O2/c1-3-12-8-6(1)9-10-2-4-11-5-7(8)10/h1,3H,2,4-5H2. The fourth-order valence-corrected chi connectivity index (χ4v) is 1.55. The molecule has 12 heavy (non-hydrogen) atoms. The highest BCUT2D eigenvalue weighted by Crippen LogP contribution is 2.21. The van der Waals surface area contributed by atoms with E-state index < -0.39 is 0 Å². The summed E-state index contributed by atoms with van der Waals surface area (Å²) in [6.07, 6.45) is 1.66. The molecule has 1 aliphatic rings. The summed E-state index contributed by atoms with van der Waals surface area (Å²) in [7, 11) is 0. The Bertz CT molecular complexity index is 416. The maximum Gasteiger partial charge on any atom is 0.177 e. The molecule has 2 aromatic rings. The molecule has 3 heterocycles. The Kier molecular flexibility index (Phi) is 1.10. The average molecular weight is 164 g/mol. The largest absolute Gasteiger partial charge is 0.461 e. The van der Waals surface area contributed by atoms with Gasteiger partial charge < -0.3 is 9.15 Å². The van der Waals surface area contributed by atoms with Gasteiger partial charge in [0.1, 0.15) is 11.2 Å². The maximum atomic E-state index is 5.31. The minimum Gasteiger partial charge on any atom is -0.461 e. The molecule has 0 aliphatic carbocycles. The van der Waals surface area contributed by atoms with E-state index in [4.69, 9.17) is 9.15 Å². The molecule has 0 atom stereocenters. The van der Waals surface area contributed by atoms with Gasteiger partial charge in [0, 0.05) is 6.07 Å². The normalized spacial score (nSPS) is 16.7. The third-order valence-corrected chi connectivity index (χ3v) is 2.13. The number of ether oxygens (including phenoxy) is 1. The van der Waals surface area contributed by atoms with Crippen LogP contribution in [0.3, 0.4) is 0 Å². The van der Waals surface area contributed by atoms with Gasteiger partial charge in [-0.3, -0.25) is 4.68 Å². The van der Waals surface area contributed by atoms with Gasteiger partial charge in [0.15, 0.2) is 5.58 Å². The molecule has 0 fully saturated rings. The van der Waals surface area contributed by atoms with Crippen LogP contribution < -0.4 is 0 Å².